The molecule has 2 bridgehead atoms. The number of piperidine rings is 1. The van der Waals surface area contributed by atoms with Crippen LogP contribution in [0.5, 0.6) is 0 Å². The van der Waals surface area contributed by atoms with E-state index in [0.29, 0.717) is 11.6 Å². The molecule has 2 aliphatic heterocycles. The van der Waals surface area contributed by atoms with E-state index in [1.54, 1.807) is 0 Å². The second-order valence-electron chi connectivity index (χ2n) is 6.65. The van der Waals surface area contributed by atoms with E-state index in [1.807, 2.05) is 36.1 Å². The van der Waals surface area contributed by atoms with E-state index in [-0.39, 0.29) is 18.0 Å². The monoisotopic (exact) mass is 288 g/mol. The molecule has 1 aromatic rings. The molecule has 21 heavy (non-hydrogen) atoms. The first kappa shape index (κ1) is 14.5. The van der Waals surface area contributed by atoms with E-state index in [2.05, 4.69) is 18.7 Å². The van der Waals surface area contributed by atoms with Gasteiger partial charge < -0.3 is 10.0 Å². The van der Waals surface area contributed by atoms with Crippen LogP contribution >= 0.6 is 0 Å². The molecular weight excluding hydrogens is 264 g/mol. The highest BCUT2D eigenvalue weighted by Gasteiger charge is 2.48. The molecule has 4 heteroatoms. The summed E-state index contributed by atoms with van der Waals surface area (Å²) < 4.78 is 0. The van der Waals surface area contributed by atoms with Gasteiger partial charge in [-0.25, -0.2) is 0 Å². The number of likely N-dealkylation sites (tertiary alicyclic amines) is 2. The number of benzene rings is 1. The van der Waals surface area contributed by atoms with Crippen LogP contribution in [0.15, 0.2) is 24.3 Å². The lowest BCUT2D eigenvalue weighted by Gasteiger charge is -2.57. The van der Waals surface area contributed by atoms with Crippen molar-refractivity contribution in [2.45, 2.75) is 51.4 Å². The number of aliphatic hydroxyl groups is 1. The fourth-order valence-electron chi connectivity index (χ4n) is 3.46. The van der Waals surface area contributed by atoms with Gasteiger partial charge >= 0.3 is 0 Å². The Hall–Kier alpha value is -1.39. The number of hydrogen-bond donors (Lipinski definition) is 1. The summed E-state index contributed by atoms with van der Waals surface area (Å²) in [5.74, 6) is -0.136. The van der Waals surface area contributed by atoms with Gasteiger partial charge in [-0.2, -0.15) is 0 Å². The maximum atomic E-state index is 12.6. The zero-order valence-electron chi connectivity index (χ0n) is 13.0. The van der Waals surface area contributed by atoms with Gasteiger partial charge in [-0.05, 0) is 32.8 Å². The molecule has 0 radical (unpaired) electrons. The van der Waals surface area contributed by atoms with Gasteiger partial charge in [0.25, 0.3) is 5.91 Å². The first-order valence-electron chi connectivity index (χ1n) is 7.78. The molecule has 2 heterocycles. The summed E-state index contributed by atoms with van der Waals surface area (Å²) in [6.45, 7) is 8.25. The van der Waals surface area contributed by atoms with Gasteiger partial charge in [0.2, 0.25) is 0 Å². The van der Waals surface area contributed by atoms with Crippen molar-refractivity contribution in [2.75, 3.05) is 13.1 Å². The van der Waals surface area contributed by atoms with E-state index in [4.69, 9.17) is 0 Å². The summed E-state index contributed by atoms with van der Waals surface area (Å²) in [6.07, 6.45) is 0.0526. The third-order valence-electron chi connectivity index (χ3n) is 4.83. The van der Waals surface area contributed by atoms with E-state index in [1.165, 1.54) is 0 Å². The fourth-order valence-corrected chi connectivity index (χ4v) is 3.46. The Kier molecular flexibility index (Phi) is 3.76. The number of nitrogens with zero attached hydrogens (tertiary/aromatic N) is 2. The quantitative estimate of drug-likeness (QED) is 0.921. The van der Waals surface area contributed by atoms with Crippen molar-refractivity contribution in [1.29, 1.82) is 0 Å². The maximum Gasteiger partial charge on any atom is 0.256 e. The zero-order chi connectivity index (χ0) is 15.1. The zero-order valence-corrected chi connectivity index (χ0v) is 13.0. The minimum absolute atomic E-state index is 0.136. The van der Waals surface area contributed by atoms with Crippen molar-refractivity contribution in [3.05, 3.63) is 35.4 Å². The normalized spacial score (nSPS) is 26.6. The molecule has 2 aliphatic rings. The number of carbonyl (C=O) groups excluding carboxylic acids is 1. The number of piperazine rings is 1. The van der Waals surface area contributed by atoms with Crippen LogP contribution in [0.3, 0.4) is 0 Å². The summed E-state index contributed by atoms with van der Waals surface area (Å²) >= 11 is 0. The minimum atomic E-state index is -1.03. The number of aliphatic hydroxyl groups excluding tert-OH is 1. The highest BCUT2D eigenvalue weighted by atomic mass is 16.3. The van der Waals surface area contributed by atoms with Crippen LogP contribution in [0.25, 0.3) is 0 Å². The van der Waals surface area contributed by atoms with Crippen molar-refractivity contribution in [1.82, 2.24) is 9.80 Å². The summed E-state index contributed by atoms with van der Waals surface area (Å²) in [5, 5.41) is 10.3. The minimum Gasteiger partial charge on any atom is -0.378 e. The molecule has 0 spiro atoms. The predicted octanol–water partition coefficient (Wildman–Crippen LogP) is 1.72. The Morgan fingerprint density at radius 2 is 1.76 bits per heavy atom. The summed E-state index contributed by atoms with van der Waals surface area (Å²) in [4.78, 5) is 16.9. The number of rotatable bonds is 3. The molecule has 0 aliphatic carbocycles. The van der Waals surface area contributed by atoms with Gasteiger partial charge in [0.05, 0.1) is 0 Å². The average Bonchev–Trinajstić information content (AvgIpc) is 2.47. The average molecular weight is 288 g/mol. The van der Waals surface area contributed by atoms with Crippen LogP contribution in [-0.4, -0.2) is 52.0 Å². The highest BCUT2D eigenvalue weighted by Crippen LogP contribution is 2.35. The van der Waals surface area contributed by atoms with Crippen LogP contribution in [0.2, 0.25) is 0 Å². The largest absolute Gasteiger partial charge is 0.378 e. The fraction of sp³-hybridized carbons (Fsp3) is 0.588. The molecule has 0 aromatic heterocycles. The third kappa shape index (κ3) is 2.58. The van der Waals surface area contributed by atoms with E-state index < -0.39 is 6.10 Å². The molecule has 4 nitrogen and oxygen atoms in total. The van der Waals surface area contributed by atoms with Gasteiger partial charge in [-0.1, -0.05) is 29.8 Å². The number of aryl methyl sites for hydroxylation is 1. The molecule has 0 saturated carbocycles. The van der Waals surface area contributed by atoms with Crippen LogP contribution in [0.1, 0.15) is 37.5 Å². The molecule has 3 unspecified atom stereocenters. The molecule has 1 aromatic carbocycles. The second kappa shape index (κ2) is 5.43. The summed E-state index contributed by atoms with van der Waals surface area (Å²) in [5.41, 5.74) is 1.82. The topological polar surface area (TPSA) is 43.8 Å². The Bertz CT molecular complexity index is 514. The van der Waals surface area contributed by atoms with Crippen LogP contribution in [-0.2, 0) is 4.79 Å². The lowest BCUT2D eigenvalue weighted by Crippen LogP contribution is -2.71. The van der Waals surface area contributed by atoms with Crippen molar-refractivity contribution in [2.24, 2.45) is 0 Å². The summed E-state index contributed by atoms with van der Waals surface area (Å²) in [6, 6.07) is 8.63. The Labute approximate surface area is 126 Å². The Balaban J connectivity index is 1.68. The van der Waals surface area contributed by atoms with Crippen LogP contribution in [0, 0.1) is 6.92 Å². The summed E-state index contributed by atoms with van der Waals surface area (Å²) in [7, 11) is 0. The molecule has 3 rings (SSSR count). The SMILES string of the molecule is Cc1ccc(C(O)C(=O)N2C3CC2CN(C(C)C)C3)cc1. The van der Waals surface area contributed by atoms with Gasteiger partial charge in [0, 0.05) is 31.2 Å². The van der Waals surface area contributed by atoms with Gasteiger partial charge in [-0.3, -0.25) is 9.69 Å². The molecule has 114 valence electrons. The highest BCUT2D eigenvalue weighted by molar-refractivity contribution is 5.83. The van der Waals surface area contributed by atoms with Crippen molar-refractivity contribution in [3.63, 3.8) is 0 Å². The maximum absolute atomic E-state index is 12.6. The molecule has 2 fully saturated rings. The molecule has 1 amide bonds. The first-order chi connectivity index (χ1) is 9.97. The molecule has 1 N–H and O–H groups in total. The predicted molar refractivity (Wildman–Crippen MR) is 81.9 cm³/mol. The van der Waals surface area contributed by atoms with Crippen molar-refractivity contribution >= 4 is 5.91 Å². The van der Waals surface area contributed by atoms with E-state index in [9.17, 15) is 9.90 Å². The lowest BCUT2D eigenvalue weighted by atomic mass is 9.85. The Morgan fingerprint density at radius 1 is 1.19 bits per heavy atom. The van der Waals surface area contributed by atoms with Gasteiger partial charge in [0.1, 0.15) is 0 Å². The van der Waals surface area contributed by atoms with Crippen molar-refractivity contribution < 1.29 is 9.90 Å². The van der Waals surface area contributed by atoms with E-state index in [0.717, 1.165) is 25.1 Å². The first-order valence-corrected chi connectivity index (χ1v) is 7.78. The van der Waals surface area contributed by atoms with Crippen molar-refractivity contribution in [3.8, 4) is 0 Å². The van der Waals surface area contributed by atoms with Crippen LogP contribution < -0.4 is 0 Å². The second-order valence-corrected chi connectivity index (χ2v) is 6.65. The van der Waals surface area contributed by atoms with Crippen LogP contribution in [0.4, 0.5) is 0 Å². The lowest BCUT2D eigenvalue weighted by molar-refractivity contribution is -0.164. The van der Waals surface area contributed by atoms with Gasteiger partial charge in [-0.15, -0.1) is 0 Å². The number of amides is 1. The number of hydrogen-bond acceptors (Lipinski definition) is 3. The van der Waals surface area contributed by atoms with Gasteiger partial charge in [0.15, 0.2) is 6.10 Å². The smallest absolute Gasteiger partial charge is 0.256 e. The Morgan fingerprint density at radius 3 is 2.29 bits per heavy atom. The molecular formula is C17H24N2O2. The standard InChI is InChI=1S/C17H24N2O2/c1-11(2)18-9-14-8-15(10-18)19(14)17(21)16(20)13-6-4-12(3)5-7-13/h4-7,11,14-16,20H,8-10H2,1-3H3. The number of carbonyl (C=O) groups is 1. The molecule has 3 atom stereocenters. The van der Waals surface area contributed by atoms with E-state index >= 15 is 0 Å². The number of fused-ring (bicyclic) bond motifs is 2. The third-order valence-corrected chi connectivity index (χ3v) is 4.83. The molecule has 2 saturated heterocycles.